The van der Waals surface area contributed by atoms with Gasteiger partial charge in [0.05, 0.1) is 12.1 Å². The standard InChI is InChI=1S/C10H13N3OS/c1-3-4-7(2)12-9(14)5-8-6-15-10(11)13-8/h1,6-7H,4-5H2,2H3,(H2,11,13)(H,12,14). The predicted molar refractivity (Wildman–Crippen MR) is 61.3 cm³/mol. The van der Waals surface area contributed by atoms with Crippen LogP contribution in [0.2, 0.25) is 0 Å². The van der Waals surface area contributed by atoms with Crippen LogP contribution in [0.3, 0.4) is 0 Å². The number of rotatable bonds is 4. The third kappa shape index (κ3) is 4.00. The van der Waals surface area contributed by atoms with Crippen molar-refractivity contribution in [3.63, 3.8) is 0 Å². The van der Waals surface area contributed by atoms with Crippen LogP contribution in [-0.2, 0) is 11.2 Å². The van der Waals surface area contributed by atoms with E-state index in [4.69, 9.17) is 12.2 Å². The molecule has 1 amide bonds. The first-order valence-electron chi connectivity index (χ1n) is 4.54. The molecule has 0 saturated carbocycles. The van der Waals surface area contributed by atoms with Crippen molar-refractivity contribution in [1.82, 2.24) is 10.3 Å². The average molecular weight is 223 g/mol. The van der Waals surface area contributed by atoms with Gasteiger partial charge in [-0.1, -0.05) is 0 Å². The molecule has 5 heteroatoms. The highest BCUT2D eigenvalue weighted by Crippen LogP contribution is 2.11. The molecule has 1 aromatic heterocycles. The highest BCUT2D eigenvalue weighted by atomic mass is 32.1. The Hall–Kier alpha value is -1.54. The lowest BCUT2D eigenvalue weighted by molar-refractivity contribution is -0.121. The number of nitrogens with zero attached hydrogens (tertiary/aromatic N) is 1. The first-order chi connectivity index (χ1) is 7.11. The number of amides is 1. The van der Waals surface area contributed by atoms with Gasteiger partial charge in [-0.05, 0) is 6.92 Å². The van der Waals surface area contributed by atoms with Crippen LogP contribution in [0.25, 0.3) is 0 Å². The summed E-state index contributed by atoms with van der Waals surface area (Å²) >= 11 is 1.33. The third-order valence-electron chi connectivity index (χ3n) is 1.74. The molecule has 3 N–H and O–H groups in total. The van der Waals surface area contributed by atoms with E-state index in [9.17, 15) is 4.79 Å². The van der Waals surface area contributed by atoms with Crippen molar-refractivity contribution in [2.75, 3.05) is 5.73 Å². The number of thiazole rings is 1. The predicted octanol–water partition coefficient (Wildman–Crippen LogP) is 0.796. The Bertz CT molecular complexity index is 380. The Labute approximate surface area is 92.9 Å². The van der Waals surface area contributed by atoms with Crippen molar-refractivity contribution in [2.45, 2.75) is 25.8 Å². The molecule has 0 saturated heterocycles. The minimum Gasteiger partial charge on any atom is -0.375 e. The number of nitrogen functional groups attached to an aromatic ring is 1. The van der Waals surface area contributed by atoms with Gasteiger partial charge in [0.15, 0.2) is 5.13 Å². The molecule has 4 nitrogen and oxygen atoms in total. The molecule has 0 aromatic carbocycles. The van der Waals surface area contributed by atoms with Gasteiger partial charge in [-0.2, -0.15) is 0 Å². The normalized spacial score (nSPS) is 11.7. The fraction of sp³-hybridized carbons (Fsp3) is 0.400. The molecule has 0 fully saturated rings. The molecule has 1 heterocycles. The maximum absolute atomic E-state index is 11.5. The molecule has 15 heavy (non-hydrogen) atoms. The summed E-state index contributed by atoms with van der Waals surface area (Å²) in [6.07, 6.45) is 5.92. The van der Waals surface area contributed by atoms with E-state index in [2.05, 4.69) is 16.2 Å². The molecule has 1 rings (SSSR count). The number of carbonyl (C=O) groups is 1. The van der Waals surface area contributed by atoms with Crippen molar-refractivity contribution >= 4 is 22.4 Å². The van der Waals surface area contributed by atoms with Crippen LogP contribution in [0.15, 0.2) is 5.38 Å². The number of terminal acetylenes is 1. The second kappa shape index (κ2) is 5.37. The van der Waals surface area contributed by atoms with E-state index >= 15 is 0 Å². The Morgan fingerprint density at radius 2 is 2.60 bits per heavy atom. The maximum Gasteiger partial charge on any atom is 0.226 e. The monoisotopic (exact) mass is 223 g/mol. The van der Waals surface area contributed by atoms with Crippen molar-refractivity contribution in [3.05, 3.63) is 11.1 Å². The molecular weight excluding hydrogens is 210 g/mol. The molecule has 0 bridgehead atoms. The van der Waals surface area contributed by atoms with Crippen molar-refractivity contribution in [2.24, 2.45) is 0 Å². The van der Waals surface area contributed by atoms with Gasteiger partial charge < -0.3 is 11.1 Å². The summed E-state index contributed by atoms with van der Waals surface area (Å²) in [5.74, 6) is 2.41. The largest absolute Gasteiger partial charge is 0.375 e. The van der Waals surface area contributed by atoms with Gasteiger partial charge in [0.25, 0.3) is 0 Å². The molecule has 0 spiro atoms. The molecular formula is C10H13N3OS. The number of anilines is 1. The molecule has 0 aliphatic carbocycles. The van der Waals surface area contributed by atoms with Crippen LogP contribution < -0.4 is 11.1 Å². The number of hydrogen-bond donors (Lipinski definition) is 2. The number of nitrogens with one attached hydrogen (secondary N) is 1. The minimum absolute atomic E-state index is 0.00140. The van der Waals surface area contributed by atoms with E-state index in [0.717, 1.165) is 0 Å². The SMILES string of the molecule is C#CCC(C)NC(=O)Cc1csc(N)n1. The van der Waals surface area contributed by atoms with Gasteiger partial charge in [0, 0.05) is 17.8 Å². The van der Waals surface area contributed by atoms with Gasteiger partial charge >= 0.3 is 0 Å². The first kappa shape index (κ1) is 11.5. The zero-order valence-corrected chi connectivity index (χ0v) is 9.30. The molecule has 0 radical (unpaired) electrons. The lowest BCUT2D eigenvalue weighted by Gasteiger charge is -2.09. The Balaban J connectivity index is 2.40. The van der Waals surface area contributed by atoms with Gasteiger partial charge in [-0.15, -0.1) is 23.7 Å². The lowest BCUT2D eigenvalue weighted by atomic mass is 10.2. The summed E-state index contributed by atoms with van der Waals surface area (Å²) in [5, 5.41) is 5.04. The van der Waals surface area contributed by atoms with E-state index in [1.165, 1.54) is 11.3 Å². The average Bonchev–Trinajstić information content (AvgIpc) is 2.51. The zero-order chi connectivity index (χ0) is 11.3. The quantitative estimate of drug-likeness (QED) is 0.742. The molecule has 1 atom stereocenters. The van der Waals surface area contributed by atoms with E-state index in [-0.39, 0.29) is 18.4 Å². The fourth-order valence-electron chi connectivity index (χ4n) is 1.12. The van der Waals surface area contributed by atoms with Gasteiger partial charge in [-0.3, -0.25) is 4.79 Å². The Kier molecular flexibility index (Phi) is 4.13. The minimum atomic E-state index is -0.0805. The maximum atomic E-state index is 11.5. The van der Waals surface area contributed by atoms with Crippen molar-refractivity contribution in [3.8, 4) is 12.3 Å². The topological polar surface area (TPSA) is 68.0 Å². The summed E-state index contributed by atoms with van der Waals surface area (Å²) in [5.41, 5.74) is 6.15. The highest BCUT2D eigenvalue weighted by molar-refractivity contribution is 7.13. The summed E-state index contributed by atoms with van der Waals surface area (Å²) < 4.78 is 0. The lowest BCUT2D eigenvalue weighted by Crippen LogP contribution is -2.33. The zero-order valence-electron chi connectivity index (χ0n) is 8.49. The number of nitrogens with two attached hydrogens (primary N) is 1. The third-order valence-corrected chi connectivity index (χ3v) is 2.47. The van der Waals surface area contributed by atoms with E-state index in [1.54, 1.807) is 5.38 Å². The van der Waals surface area contributed by atoms with E-state index in [1.807, 2.05) is 6.92 Å². The summed E-state index contributed by atoms with van der Waals surface area (Å²) in [4.78, 5) is 15.5. The molecule has 1 unspecified atom stereocenters. The summed E-state index contributed by atoms with van der Waals surface area (Å²) in [6, 6.07) is -0.00140. The van der Waals surface area contributed by atoms with Crippen LogP contribution >= 0.6 is 11.3 Å². The summed E-state index contributed by atoms with van der Waals surface area (Å²) in [6.45, 7) is 1.87. The van der Waals surface area contributed by atoms with Crippen LogP contribution in [0, 0.1) is 12.3 Å². The van der Waals surface area contributed by atoms with Gasteiger partial charge in [0.2, 0.25) is 5.91 Å². The Morgan fingerprint density at radius 1 is 1.87 bits per heavy atom. The fourth-order valence-corrected chi connectivity index (χ4v) is 1.68. The number of carbonyl (C=O) groups excluding carboxylic acids is 1. The first-order valence-corrected chi connectivity index (χ1v) is 5.42. The smallest absolute Gasteiger partial charge is 0.226 e. The molecule has 80 valence electrons. The number of hydrogen-bond acceptors (Lipinski definition) is 4. The molecule has 0 aliphatic rings. The van der Waals surface area contributed by atoms with Crippen molar-refractivity contribution < 1.29 is 4.79 Å². The second-order valence-electron chi connectivity index (χ2n) is 3.23. The van der Waals surface area contributed by atoms with E-state index < -0.39 is 0 Å². The molecule has 1 aromatic rings. The van der Waals surface area contributed by atoms with Crippen LogP contribution in [0.4, 0.5) is 5.13 Å². The van der Waals surface area contributed by atoms with Crippen molar-refractivity contribution in [1.29, 1.82) is 0 Å². The van der Waals surface area contributed by atoms with Gasteiger partial charge in [0.1, 0.15) is 0 Å². The highest BCUT2D eigenvalue weighted by Gasteiger charge is 2.09. The van der Waals surface area contributed by atoms with Gasteiger partial charge in [-0.25, -0.2) is 4.98 Å². The van der Waals surface area contributed by atoms with Crippen LogP contribution in [0.5, 0.6) is 0 Å². The second-order valence-corrected chi connectivity index (χ2v) is 4.12. The Morgan fingerprint density at radius 3 is 3.13 bits per heavy atom. The van der Waals surface area contributed by atoms with E-state index in [0.29, 0.717) is 17.2 Å². The number of aromatic nitrogens is 1. The molecule has 0 aliphatic heterocycles. The van der Waals surface area contributed by atoms with Crippen LogP contribution in [0.1, 0.15) is 19.0 Å². The van der Waals surface area contributed by atoms with Crippen LogP contribution in [-0.4, -0.2) is 16.9 Å². The summed E-state index contributed by atoms with van der Waals surface area (Å²) in [7, 11) is 0.